The maximum Gasteiger partial charge on any atom is 0.105 e. The van der Waals surface area contributed by atoms with Gasteiger partial charge < -0.3 is 4.55 Å². The van der Waals surface area contributed by atoms with E-state index in [1.165, 1.54) is 0 Å². The van der Waals surface area contributed by atoms with E-state index in [0.29, 0.717) is 11.5 Å². The van der Waals surface area contributed by atoms with E-state index in [0.717, 1.165) is 6.42 Å². The van der Waals surface area contributed by atoms with Gasteiger partial charge in [-0.2, -0.15) is 0 Å². The summed E-state index contributed by atoms with van der Waals surface area (Å²) in [5.41, 5.74) is 0. The molecule has 0 aliphatic carbocycles. The summed E-state index contributed by atoms with van der Waals surface area (Å²) in [5.74, 6) is 1.22. The lowest BCUT2D eigenvalue weighted by Gasteiger charge is -2.04. The standard InChI is InChI=1S/C5H10OS/c1-3-5-7(6)4-2/h1-5H2. The summed E-state index contributed by atoms with van der Waals surface area (Å²) < 4.78 is 10.4. The number of hydrogen-bond donors (Lipinski definition) is 0. The van der Waals surface area contributed by atoms with Crippen LogP contribution in [-0.4, -0.2) is 16.1 Å². The molecule has 0 saturated carbocycles. The molecule has 2 heteroatoms. The summed E-state index contributed by atoms with van der Waals surface area (Å²) in [5, 5.41) is 0. The Kier molecular flexibility index (Phi) is 4.67. The zero-order chi connectivity index (χ0) is 5.70. The van der Waals surface area contributed by atoms with E-state index in [1.807, 2.05) is 0 Å². The van der Waals surface area contributed by atoms with Crippen LogP contribution in [0.1, 0.15) is 6.42 Å². The van der Waals surface area contributed by atoms with Crippen LogP contribution in [0.2, 0.25) is 0 Å². The SMILES string of the molecule is [CH2]CC[S+]([O-])C[CH2]. The fourth-order valence-electron chi connectivity index (χ4n) is 0.263. The van der Waals surface area contributed by atoms with Gasteiger partial charge in [0.25, 0.3) is 0 Å². The summed E-state index contributed by atoms with van der Waals surface area (Å²) in [6, 6.07) is 0. The van der Waals surface area contributed by atoms with E-state index >= 15 is 0 Å². The Hall–Kier alpha value is 0.310. The summed E-state index contributed by atoms with van der Waals surface area (Å²) in [6.45, 7) is 7.03. The molecule has 1 nitrogen and oxygen atoms in total. The molecule has 0 aromatic carbocycles. The third kappa shape index (κ3) is 4.16. The molecule has 0 bridgehead atoms. The highest BCUT2D eigenvalue weighted by atomic mass is 32.2. The zero-order valence-electron chi connectivity index (χ0n) is 4.35. The van der Waals surface area contributed by atoms with E-state index in [4.69, 9.17) is 0 Å². The number of rotatable bonds is 3. The smallest absolute Gasteiger partial charge is 0.105 e. The maximum absolute atomic E-state index is 10.4. The first kappa shape index (κ1) is 7.31. The van der Waals surface area contributed by atoms with E-state index < -0.39 is 11.2 Å². The minimum Gasteiger partial charge on any atom is -0.616 e. The third-order valence-corrected chi connectivity index (χ3v) is 1.80. The van der Waals surface area contributed by atoms with Gasteiger partial charge in [0.2, 0.25) is 0 Å². The van der Waals surface area contributed by atoms with E-state index in [-0.39, 0.29) is 0 Å². The highest BCUT2D eigenvalue weighted by Crippen LogP contribution is 1.89. The van der Waals surface area contributed by atoms with Crippen LogP contribution in [0.5, 0.6) is 0 Å². The van der Waals surface area contributed by atoms with Crippen LogP contribution in [0.25, 0.3) is 0 Å². The Bertz CT molecular complexity index is 39.1. The van der Waals surface area contributed by atoms with Gasteiger partial charge in [0.15, 0.2) is 0 Å². The molecule has 0 aromatic heterocycles. The van der Waals surface area contributed by atoms with Crippen molar-refractivity contribution in [3.8, 4) is 0 Å². The maximum atomic E-state index is 10.4. The Labute approximate surface area is 48.3 Å². The first-order valence-corrected chi connectivity index (χ1v) is 3.73. The van der Waals surface area contributed by atoms with Gasteiger partial charge in [-0.25, -0.2) is 0 Å². The van der Waals surface area contributed by atoms with Crippen molar-refractivity contribution in [3.63, 3.8) is 0 Å². The van der Waals surface area contributed by atoms with Crippen LogP contribution in [0.4, 0.5) is 0 Å². The second-order valence-electron chi connectivity index (χ2n) is 1.20. The molecule has 0 aliphatic rings. The third-order valence-electron chi connectivity index (χ3n) is 0.600. The molecular weight excluding hydrogens is 108 g/mol. The van der Waals surface area contributed by atoms with Gasteiger partial charge in [-0.15, -0.1) is 0 Å². The van der Waals surface area contributed by atoms with Gasteiger partial charge in [-0.3, -0.25) is 0 Å². The molecular formula is C5H10OS. The van der Waals surface area contributed by atoms with Gasteiger partial charge >= 0.3 is 0 Å². The molecule has 7 heavy (non-hydrogen) atoms. The molecule has 0 aromatic rings. The van der Waals surface area contributed by atoms with Crippen molar-refractivity contribution in [2.24, 2.45) is 0 Å². The molecule has 0 fully saturated rings. The molecule has 42 valence electrons. The normalized spacial score (nSPS) is 14.1. The first-order chi connectivity index (χ1) is 3.31. The van der Waals surface area contributed by atoms with E-state index in [9.17, 15) is 4.55 Å². The van der Waals surface area contributed by atoms with Crippen molar-refractivity contribution in [1.29, 1.82) is 0 Å². The molecule has 0 aliphatic heterocycles. The molecule has 0 amide bonds. The average Bonchev–Trinajstić information content (AvgIpc) is 1.68. The zero-order valence-corrected chi connectivity index (χ0v) is 5.17. The summed E-state index contributed by atoms with van der Waals surface area (Å²) in [4.78, 5) is 0. The topological polar surface area (TPSA) is 23.1 Å². The van der Waals surface area contributed by atoms with Crippen molar-refractivity contribution in [3.05, 3.63) is 13.8 Å². The lowest BCUT2D eigenvalue weighted by Crippen LogP contribution is -2.07. The largest absolute Gasteiger partial charge is 0.616 e. The van der Waals surface area contributed by atoms with Crippen molar-refractivity contribution in [2.75, 3.05) is 11.5 Å². The van der Waals surface area contributed by atoms with Gasteiger partial charge in [-0.1, -0.05) is 11.2 Å². The Morgan fingerprint density at radius 1 is 1.43 bits per heavy atom. The predicted molar refractivity (Wildman–Crippen MR) is 33.2 cm³/mol. The first-order valence-electron chi connectivity index (χ1n) is 2.24. The van der Waals surface area contributed by atoms with Crippen LogP contribution in [-0.2, 0) is 11.2 Å². The van der Waals surface area contributed by atoms with Crippen molar-refractivity contribution in [1.82, 2.24) is 0 Å². The molecule has 0 spiro atoms. The van der Waals surface area contributed by atoms with Crippen LogP contribution >= 0.6 is 0 Å². The van der Waals surface area contributed by atoms with Gasteiger partial charge in [0, 0.05) is 0 Å². The predicted octanol–water partition coefficient (Wildman–Crippen LogP) is 0.793. The summed E-state index contributed by atoms with van der Waals surface area (Å²) >= 11 is -0.701. The molecule has 0 saturated heterocycles. The van der Waals surface area contributed by atoms with Crippen molar-refractivity contribution >= 4 is 11.2 Å². The fraction of sp³-hybridized carbons (Fsp3) is 0.600. The minimum absolute atomic E-state index is 0.523. The second-order valence-corrected chi connectivity index (χ2v) is 2.90. The average molecular weight is 118 g/mol. The lowest BCUT2D eigenvalue weighted by molar-refractivity contribution is 0.597. The Morgan fingerprint density at radius 2 is 2.00 bits per heavy atom. The Balaban J connectivity index is 2.83. The lowest BCUT2D eigenvalue weighted by atomic mass is 10.6. The molecule has 0 rings (SSSR count). The van der Waals surface area contributed by atoms with Crippen molar-refractivity contribution < 1.29 is 4.55 Å². The monoisotopic (exact) mass is 118 g/mol. The summed E-state index contributed by atoms with van der Waals surface area (Å²) in [6.07, 6.45) is 0.752. The fourth-order valence-corrected chi connectivity index (χ4v) is 0.789. The van der Waals surface area contributed by atoms with E-state index in [2.05, 4.69) is 13.8 Å². The Morgan fingerprint density at radius 3 is 2.14 bits per heavy atom. The highest BCUT2D eigenvalue weighted by molar-refractivity contribution is 7.91. The minimum atomic E-state index is -0.701. The van der Waals surface area contributed by atoms with Gasteiger partial charge in [0.1, 0.15) is 11.5 Å². The van der Waals surface area contributed by atoms with Crippen LogP contribution in [0.15, 0.2) is 0 Å². The molecule has 0 N–H and O–H groups in total. The molecule has 2 radical (unpaired) electrons. The van der Waals surface area contributed by atoms with E-state index in [1.54, 1.807) is 0 Å². The second kappa shape index (κ2) is 4.47. The quantitative estimate of drug-likeness (QED) is 0.502. The van der Waals surface area contributed by atoms with Crippen molar-refractivity contribution in [2.45, 2.75) is 6.42 Å². The van der Waals surface area contributed by atoms with Gasteiger partial charge in [0.05, 0.1) is 0 Å². The molecule has 0 heterocycles. The van der Waals surface area contributed by atoms with Crippen LogP contribution in [0.3, 0.4) is 0 Å². The van der Waals surface area contributed by atoms with Gasteiger partial charge in [-0.05, 0) is 20.3 Å². The highest BCUT2D eigenvalue weighted by Gasteiger charge is 1.95. The number of hydrogen-bond acceptors (Lipinski definition) is 1. The van der Waals surface area contributed by atoms with Crippen LogP contribution < -0.4 is 0 Å². The molecule has 1 unspecified atom stereocenters. The molecule has 1 atom stereocenters. The summed E-state index contributed by atoms with van der Waals surface area (Å²) in [7, 11) is 0. The van der Waals surface area contributed by atoms with Crippen LogP contribution in [0, 0.1) is 13.8 Å².